The first-order valence-corrected chi connectivity index (χ1v) is 5.05. The van der Waals surface area contributed by atoms with Gasteiger partial charge in [-0.3, -0.25) is 0 Å². The van der Waals surface area contributed by atoms with Crippen molar-refractivity contribution in [3.63, 3.8) is 0 Å². The average Bonchev–Trinajstić information content (AvgIpc) is 2.82. The maximum atomic E-state index is 8.54. The Morgan fingerprint density at radius 3 is 2.75 bits per heavy atom. The Balaban J connectivity index is 1.93. The number of nitrogens with zero attached hydrogens (tertiary/aromatic N) is 2. The molecule has 0 unspecified atom stereocenters. The summed E-state index contributed by atoms with van der Waals surface area (Å²) in [6.07, 6.45) is 3.91. The number of benzene rings is 1. The lowest BCUT2D eigenvalue weighted by molar-refractivity contribution is 1.07. The Hall–Kier alpha value is -2.28. The maximum absolute atomic E-state index is 8.54. The molecule has 0 aliphatic heterocycles. The molecule has 4 nitrogen and oxygen atoms in total. The molecule has 80 valence electrons. The first-order valence-electron chi connectivity index (χ1n) is 5.05. The number of rotatable bonds is 4. The molecule has 1 aromatic carbocycles. The summed E-state index contributed by atoms with van der Waals surface area (Å²) in [6.45, 7) is 0.720. The molecule has 2 N–H and O–H groups in total. The van der Waals surface area contributed by atoms with Gasteiger partial charge in [-0.15, -0.1) is 0 Å². The van der Waals surface area contributed by atoms with Gasteiger partial charge in [0, 0.05) is 11.9 Å². The molecule has 0 aliphatic carbocycles. The van der Waals surface area contributed by atoms with Gasteiger partial charge in [0.15, 0.2) is 0 Å². The first-order chi connectivity index (χ1) is 7.88. The normalized spacial score (nSPS) is 9.69. The SMILES string of the molecule is N#CCc1ccc(NCc2cnc[nH]2)cc1. The summed E-state index contributed by atoms with van der Waals surface area (Å²) in [6, 6.07) is 9.99. The summed E-state index contributed by atoms with van der Waals surface area (Å²) in [5.74, 6) is 0. The van der Waals surface area contributed by atoms with E-state index in [9.17, 15) is 0 Å². The zero-order valence-corrected chi connectivity index (χ0v) is 8.77. The van der Waals surface area contributed by atoms with Crippen LogP contribution < -0.4 is 5.32 Å². The number of imidazole rings is 1. The Bertz CT molecular complexity index is 465. The number of hydrogen-bond donors (Lipinski definition) is 2. The lowest BCUT2D eigenvalue weighted by atomic mass is 10.1. The van der Waals surface area contributed by atoms with Crippen LogP contribution in [0.3, 0.4) is 0 Å². The highest BCUT2D eigenvalue weighted by atomic mass is 14.9. The average molecular weight is 212 g/mol. The molecular formula is C12H12N4. The van der Waals surface area contributed by atoms with Gasteiger partial charge in [-0.05, 0) is 17.7 Å². The number of nitriles is 1. The second kappa shape index (κ2) is 4.99. The summed E-state index contributed by atoms with van der Waals surface area (Å²) in [5.41, 5.74) is 3.12. The zero-order chi connectivity index (χ0) is 11.2. The third-order valence-electron chi connectivity index (χ3n) is 2.27. The third kappa shape index (κ3) is 2.61. The molecule has 0 radical (unpaired) electrons. The first kappa shape index (κ1) is 10.2. The molecule has 0 spiro atoms. The lowest BCUT2D eigenvalue weighted by Crippen LogP contribution is -1.99. The molecule has 16 heavy (non-hydrogen) atoms. The van der Waals surface area contributed by atoms with E-state index in [2.05, 4.69) is 21.4 Å². The van der Waals surface area contributed by atoms with Crippen molar-refractivity contribution >= 4 is 5.69 Å². The van der Waals surface area contributed by atoms with E-state index in [1.54, 1.807) is 12.5 Å². The van der Waals surface area contributed by atoms with Crippen LogP contribution in [0.5, 0.6) is 0 Å². The highest BCUT2D eigenvalue weighted by Gasteiger charge is 1.95. The van der Waals surface area contributed by atoms with E-state index in [4.69, 9.17) is 5.26 Å². The molecule has 2 aromatic rings. The number of H-pyrrole nitrogens is 1. The van der Waals surface area contributed by atoms with Crippen molar-refractivity contribution in [1.82, 2.24) is 9.97 Å². The largest absolute Gasteiger partial charge is 0.379 e. The quantitative estimate of drug-likeness (QED) is 0.815. The second-order valence-corrected chi connectivity index (χ2v) is 3.46. The van der Waals surface area contributed by atoms with Crippen LogP contribution in [0.1, 0.15) is 11.3 Å². The molecule has 0 saturated carbocycles. The van der Waals surface area contributed by atoms with Crippen LogP contribution in [0.15, 0.2) is 36.8 Å². The smallest absolute Gasteiger partial charge is 0.0922 e. The standard InChI is InChI=1S/C12H12N4/c13-6-5-10-1-3-11(4-2-10)15-8-12-7-14-9-16-12/h1-4,7,9,15H,5,8H2,(H,14,16). The Labute approximate surface area is 94.0 Å². The van der Waals surface area contributed by atoms with Crippen molar-refractivity contribution in [2.75, 3.05) is 5.32 Å². The molecule has 0 fully saturated rings. The van der Waals surface area contributed by atoms with Crippen LogP contribution in [0, 0.1) is 11.3 Å². The molecule has 0 amide bonds. The second-order valence-electron chi connectivity index (χ2n) is 3.46. The third-order valence-corrected chi connectivity index (χ3v) is 2.27. The van der Waals surface area contributed by atoms with Crippen LogP contribution in [-0.2, 0) is 13.0 Å². The van der Waals surface area contributed by atoms with Crippen molar-refractivity contribution in [2.24, 2.45) is 0 Å². The van der Waals surface area contributed by atoms with E-state index < -0.39 is 0 Å². The summed E-state index contributed by atoms with van der Waals surface area (Å²) < 4.78 is 0. The molecule has 0 atom stereocenters. The number of aromatic nitrogens is 2. The van der Waals surface area contributed by atoms with Gasteiger partial charge < -0.3 is 10.3 Å². The fourth-order valence-electron chi connectivity index (χ4n) is 1.41. The predicted molar refractivity (Wildman–Crippen MR) is 61.7 cm³/mol. The van der Waals surface area contributed by atoms with Gasteiger partial charge in [0.05, 0.1) is 31.1 Å². The highest BCUT2D eigenvalue weighted by molar-refractivity contribution is 5.45. The zero-order valence-electron chi connectivity index (χ0n) is 8.77. The fraction of sp³-hybridized carbons (Fsp3) is 0.167. The van der Waals surface area contributed by atoms with E-state index >= 15 is 0 Å². The van der Waals surface area contributed by atoms with Gasteiger partial charge in [-0.25, -0.2) is 4.98 Å². The molecular weight excluding hydrogens is 200 g/mol. The van der Waals surface area contributed by atoms with Crippen LogP contribution in [0.2, 0.25) is 0 Å². The minimum Gasteiger partial charge on any atom is -0.379 e. The van der Waals surface area contributed by atoms with Crippen LogP contribution in [-0.4, -0.2) is 9.97 Å². The van der Waals surface area contributed by atoms with Gasteiger partial charge in [-0.2, -0.15) is 5.26 Å². The van der Waals surface area contributed by atoms with Gasteiger partial charge >= 0.3 is 0 Å². The maximum Gasteiger partial charge on any atom is 0.0922 e. The minimum atomic E-state index is 0.459. The molecule has 4 heteroatoms. The van der Waals surface area contributed by atoms with E-state index in [0.29, 0.717) is 6.42 Å². The molecule has 0 saturated heterocycles. The summed E-state index contributed by atoms with van der Waals surface area (Å²) >= 11 is 0. The van der Waals surface area contributed by atoms with Crippen molar-refractivity contribution < 1.29 is 0 Å². The van der Waals surface area contributed by atoms with Gasteiger partial charge in [0.2, 0.25) is 0 Å². The van der Waals surface area contributed by atoms with Crippen LogP contribution >= 0.6 is 0 Å². The molecule has 0 aliphatic rings. The van der Waals surface area contributed by atoms with E-state index in [0.717, 1.165) is 23.5 Å². The fourth-order valence-corrected chi connectivity index (χ4v) is 1.41. The lowest BCUT2D eigenvalue weighted by Gasteiger charge is -2.04. The molecule has 1 aromatic heterocycles. The van der Waals surface area contributed by atoms with Gasteiger partial charge in [-0.1, -0.05) is 12.1 Å². The molecule has 2 rings (SSSR count). The molecule has 0 bridgehead atoms. The highest BCUT2D eigenvalue weighted by Crippen LogP contribution is 2.10. The van der Waals surface area contributed by atoms with Crippen LogP contribution in [0.25, 0.3) is 0 Å². The van der Waals surface area contributed by atoms with Gasteiger partial charge in [0.25, 0.3) is 0 Å². The number of anilines is 1. The summed E-state index contributed by atoms with van der Waals surface area (Å²) in [5, 5.41) is 11.8. The van der Waals surface area contributed by atoms with Crippen molar-refractivity contribution in [3.8, 4) is 6.07 Å². The minimum absolute atomic E-state index is 0.459. The number of nitrogens with one attached hydrogen (secondary N) is 2. The Morgan fingerprint density at radius 1 is 1.31 bits per heavy atom. The van der Waals surface area contributed by atoms with E-state index in [-0.39, 0.29) is 0 Å². The Kier molecular flexibility index (Phi) is 3.19. The van der Waals surface area contributed by atoms with Crippen molar-refractivity contribution in [2.45, 2.75) is 13.0 Å². The number of hydrogen-bond acceptors (Lipinski definition) is 3. The summed E-state index contributed by atoms with van der Waals surface area (Å²) in [7, 11) is 0. The Morgan fingerprint density at radius 2 is 2.12 bits per heavy atom. The van der Waals surface area contributed by atoms with E-state index in [1.807, 2.05) is 24.3 Å². The van der Waals surface area contributed by atoms with Crippen LogP contribution in [0.4, 0.5) is 5.69 Å². The topological polar surface area (TPSA) is 64.5 Å². The van der Waals surface area contributed by atoms with Crippen molar-refractivity contribution in [3.05, 3.63) is 48.0 Å². The van der Waals surface area contributed by atoms with E-state index in [1.165, 1.54) is 0 Å². The van der Waals surface area contributed by atoms with Crippen molar-refractivity contribution in [1.29, 1.82) is 5.26 Å². The summed E-state index contributed by atoms with van der Waals surface area (Å²) in [4.78, 5) is 6.96. The monoisotopic (exact) mass is 212 g/mol. The number of aromatic amines is 1. The van der Waals surface area contributed by atoms with Gasteiger partial charge in [0.1, 0.15) is 0 Å². The molecule has 1 heterocycles. The predicted octanol–water partition coefficient (Wildman–Crippen LogP) is 2.09.